The molecule has 0 radical (unpaired) electrons. The Morgan fingerprint density at radius 2 is 2.07 bits per heavy atom. The van der Waals surface area contributed by atoms with Gasteiger partial charge in [0.2, 0.25) is 0 Å². The number of imidazole rings is 1. The van der Waals surface area contributed by atoms with Crippen LogP contribution in [0.5, 0.6) is 0 Å². The summed E-state index contributed by atoms with van der Waals surface area (Å²) < 4.78 is 14.0. The molecule has 2 fully saturated rings. The van der Waals surface area contributed by atoms with Crippen LogP contribution in [0.1, 0.15) is 24.2 Å². The standard InChI is InChI=1S/C22H31N5O2/c1-23-22(27-13-15-29-20(17-27)19-8-5-14-28-19)25-16-21-24-10-12-26(21)11-9-18-6-3-2-4-7-18/h2-4,6-7,10,12,19-20H,5,8-9,11,13-17H2,1H3,(H,23,25). The summed E-state index contributed by atoms with van der Waals surface area (Å²) in [6.45, 7) is 4.77. The van der Waals surface area contributed by atoms with E-state index < -0.39 is 0 Å². The molecule has 2 unspecified atom stereocenters. The minimum Gasteiger partial charge on any atom is -0.375 e. The summed E-state index contributed by atoms with van der Waals surface area (Å²) in [6.07, 6.45) is 7.46. The Morgan fingerprint density at radius 3 is 2.86 bits per heavy atom. The highest BCUT2D eigenvalue weighted by atomic mass is 16.5. The van der Waals surface area contributed by atoms with E-state index in [1.54, 1.807) is 0 Å². The molecule has 2 atom stereocenters. The highest BCUT2D eigenvalue weighted by molar-refractivity contribution is 5.79. The van der Waals surface area contributed by atoms with Gasteiger partial charge in [-0.3, -0.25) is 4.99 Å². The van der Waals surface area contributed by atoms with Crippen molar-refractivity contribution in [2.24, 2.45) is 4.99 Å². The molecule has 29 heavy (non-hydrogen) atoms. The van der Waals surface area contributed by atoms with Gasteiger partial charge in [0.05, 0.1) is 19.3 Å². The predicted molar refractivity (Wildman–Crippen MR) is 113 cm³/mol. The van der Waals surface area contributed by atoms with Gasteiger partial charge in [0.1, 0.15) is 11.9 Å². The Bertz CT molecular complexity index is 786. The molecule has 0 saturated carbocycles. The average molecular weight is 398 g/mol. The molecule has 0 amide bonds. The SMILES string of the molecule is CN=C(NCc1nccn1CCc1ccccc1)N1CCOC(C2CCCO2)C1. The van der Waals surface area contributed by atoms with Crippen LogP contribution in [-0.2, 0) is 29.0 Å². The molecule has 7 heteroatoms. The normalized spacial score (nSPS) is 22.8. The lowest BCUT2D eigenvalue weighted by Crippen LogP contribution is -2.53. The third kappa shape index (κ3) is 5.16. The fraction of sp³-hybridized carbons (Fsp3) is 0.545. The van der Waals surface area contributed by atoms with Crippen molar-refractivity contribution in [2.75, 3.05) is 33.4 Å². The van der Waals surface area contributed by atoms with Crippen molar-refractivity contribution in [1.82, 2.24) is 19.8 Å². The van der Waals surface area contributed by atoms with Crippen molar-refractivity contribution in [3.63, 3.8) is 0 Å². The van der Waals surface area contributed by atoms with Crippen LogP contribution >= 0.6 is 0 Å². The van der Waals surface area contributed by atoms with Crippen molar-refractivity contribution in [3.05, 3.63) is 54.1 Å². The summed E-state index contributed by atoms with van der Waals surface area (Å²) in [5.41, 5.74) is 1.34. The maximum absolute atomic E-state index is 5.96. The number of aliphatic imine (C=N–C) groups is 1. The molecule has 1 aromatic heterocycles. The van der Waals surface area contributed by atoms with Gasteiger partial charge < -0.3 is 24.3 Å². The molecule has 1 aromatic carbocycles. The first kappa shape index (κ1) is 19.9. The Balaban J connectivity index is 1.31. The summed E-state index contributed by atoms with van der Waals surface area (Å²) in [5.74, 6) is 1.92. The number of ether oxygens (including phenoxy) is 2. The zero-order valence-corrected chi connectivity index (χ0v) is 17.2. The van der Waals surface area contributed by atoms with Crippen LogP contribution in [0.15, 0.2) is 47.7 Å². The van der Waals surface area contributed by atoms with Crippen LogP contribution < -0.4 is 5.32 Å². The van der Waals surface area contributed by atoms with Crippen molar-refractivity contribution in [1.29, 1.82) is 0 Å². The second-order valence-corrected chi connectivity index (χ2v) is 7.58. The zero-order valence-electron chi connectivity index (χ0n) is 17.2. The Kier molecular flexibility index (Phi) is 6.79. The first-order valence-corrected chi connectivity index (χ1v) is 10.6. The summed E-state index contributed by atoms with van der Waals surface area (Å²) in [4.78, 5) is 11.3. The third-order valence-electron chi connectivity index (χ3n) is 5.67. The number of hydrogen-bond acceptors (Lipinski definition) is 4. The Labute approximate surface area is 172 Å². The summed E-state index contributed by atoms with van der Waals surface area (Å²) in [6, 6.07) is 10.6. The molecule has 7 nitrogen and oxygen atoms in total. The van der Waals surface area contributed by atoms with Crippen LogP contribution in [0.25, 0.3) is 0 Å². The number of guanidine groups is 1. The smallest absolute Gasteiger partial charge is 0.194 e. The molecule has 3 heterocycles. The summed E-state index contributed by atoms with van der Waals surface area (Å²) in [5, 5.41) is 3.49. The lowest BCUT2D eigenvalue weighted by Gasteiger charge is -2.37. The van der Waals surface area contributed by atoms with Crippen molar-refractivity contribution in [2.45, 2.75) is 44.6 Å². The molecule has 1 N–H and O–H groups in total. The molecule has 0 aliphatic carbocycles. The van der Waals surface area contributed by atoms with E-state index in [0.717, 1.165) is 57.3 Å². The quantitative estimate of drug-likeness (QED) is 0.597. The molecular formula is C22H31N5O2. The van der Waals surface area contributed by atoms with Crippen LogP contribution in [0.4, 0.5) is 0 Å². The van der Waals surface area contributed by atoms with Gasteiger partial charge in [-0.1, -0.05) is 30.3 Å². The number of rotatable bonds is 6. The summed E-state index contributed by atoms with van der Waals surface area (Å²) >= 11 is 0. The minimum absolute atomic E-state index is 0.123. The molecule has 0 bridgehead atoms. The molecule has 2 aliphatic rings. The second-order valence-electron chi connectivity index (χ2n) is 7.58. The van der Waals surface area contributed by atoms with Gasteiger partial charge in [-0.05, 0) is 24.8 Å². The fourth-order valence-corrected chi connectivity index (χ4v) is 4.08. The zero-order chi connectivity index (χ0) is 19.9. The van der Waals surface area contributed by atoms with E-state index in [4.69, 9.17) is 9.47 Å². The van der Waals surface area contributed by atoms with E-state index in [1.165, 1.54) is 5.56 Å². The number of benzene rings is 1. The Morgan fingerprint density at radius 1 is 1.21 bits per heavy atom. The van der Waals surface area contributed by atoms with Crippen molar-refractivity contribution < 1.29 is 9.47 Å². The Hall–Kier alpha value is -2.38. The molecule has 0 spiro atoms. The molecule has 2 saturated heterocycles. The van der Waals surface area contributed by atoms with Gasteiger partial charge in [0, 0.05) is 45.7 Å². The number of morpholine rings is 1. The number of nitrogens with zero attached hydrogens (tertiary/aromatic N) is 4. The maximum Gasteiger partial charge on any atom is 0.194 e. The summed E-state index contributed by atoms with van der Waals surface area (Å²) in [7, 11) is 1.83. The highest BCUT2D eigenvalue weighted by Gasteiger charge is 2.32. The lowest BCUT2D eigenvalue weighted by molar-refractivity contribution is -0.0817. The topological polar surface area (TPSA) is 63.9 Å². The monoisotopic (exact) mass is 397 g/mol. The van der Waals surface area contributed by atoms with Crippen LogP contribution in [0.3, 0.4) is 0 Å². The predicted octanol–water partition coefficient (Wildman–Crippen LogP) is 2.08. The van der Waals surface area contributed by atoms with E-state index >= 15 is 0 Å². The van der Waals surface area contributed by atoms with Crippen molar-refractivity contribution >= 4 is 5.96 Å². The molecule has 2 aromatic rings. The van der Waals surface area contributed by atoms with Gasteiger partial charge in [-0.25, -0.2) is 4.98 Å². The van der Waals surface area contributed by atoms with Crippen LogP contribution in [0.2, 0.25) is 0 Å². The lowest BCUT2D eigenvalue weighted by atomic mass is 10.1. The fourth-order valence-electron chi connectivity index (χ4n) is 4.08. The minimum atomic E-state index is 0.123. The molecule has 4 rings (SSSR count). The van der Waals surface area contributed by atoms with Gasteiger partial charge in [0.15, 0.2) is 5.96 Å². The first-order valence-electron chi connectivity index (χ1n) is 10.6. The van der Waals surface area contributed by atoms with E-state index in [2.05, 4.69) is 55.1 Å². The maximum atomic E-state index is 5.96. The van der Waals surface area contributed by atoms with Crippen LogP contribution in [-0.4, -0.2) is 66.0 Å². The van der Waals surface area contributed by atoms with E-state index in [0.29, 0.717) is 13.2 Å². The molecule has 2 aliphatic heterocycles. The van der Waals surface area contributed by atoms with E-state index in [1.807, 2.05) is 19.4 Å². The number of nitrogens with one attached hydrogen (secondary N) is 1. The highest BCUT2D eigenvalue weighted by Crippen LogP contribution is 2.21. The average Bonchev–Trinajstić information content (AvgIpc) is 3.46. The van der Waals surface area contributed by atoms with Crippen LogP contribution in [0, 0.1) is 0 Å². The second kappa shape index (κ2) is 9.89. The van der Waals surface area contributed by atoms with Gasteiger partial charge in [-0.15, -0.1) is 0 Å². The first-order chi connectivity index (χ1) is 14.3. The number of aryl methyl sites for hydroxylation is 2. The largest absolute Gasteiger partial charge is 0.375 e. The van der Waals surface area contributed by atoms with E-state index in [-0.39, 0.29) is 12.2 Å². The number of aromatic nitrogens is 2. The number of hydrogen-bond donors (Lipinski definition) is 1. The van der Waals surface area contributed by atoms with Gasteiger partial charge >= 0.3 is 0 Å². The van der Waals surface area contributed by atoms with Crippen molar-refractivity contribution in [3.8, 4) is 0 Å². The van der Waals surface area contributed by atoms with E-state index in [9.17, 15) is 0 Å². The third-order valence-corrected chi connectivity index (χ3v) is 5.67. The van der Waals surface area contributed by atoms with Gasteiger partial charge in [0.25, 0.3) is 0 Å². The molecular weight excluding hydrogens is 366 g/mol. The molecule has 156 valence electrons. The van der Waals surface area contributed by atoms with Gasteiger partial charge in [-0.2, -0.15) is 0 Å².